The van der Waals surface area contributed by atoms with Crippen molar-refractivity contribution in [2.45, 2.75) is 6.42 Å². The average Bonchev–Trinajstić information content (AvgIpc) is 2.66. The molecule has 0 fully saturated rings. The van der Waals surface area contributed by atoms with Gasteiger partial charge >= 0.3 is 0 Å². The van der Waals surface area contributed by atoms with Crippen LogP contribution in [0.25, 0.3) is 0 Å². The minimum atomic E-state index is -0.250. The van der Waals surface area contributed by atoms with Crippen molar-refractivity contribution in [1.29, 1.82) is 0 Å². The monoisotopic (exact) mass is 382 g/mol. The average molecular weight is 382 g/mol. The predicted octanol–water partition coefficient (Wildman–Crippen LogP) is -0.888. The highest BCUT2D eigenvalue weighted by atomic mass is 16.6. The van der Waals surface area contributed by atoms with Gasteiger partial charge in [-0.1, -0.05) is 0 Å². The summed E-state index contributed by atoms with van der Waals surface area (Å²) in [5, 5.41) is 0. The molecular weight excluding hydrogens is 348 g/mol. The molecule has 0 saturated heterocycles. The molecule has 0 aliphatic rings. The van der Waals surface area contributed by atoms with Gasteiger partial charge in [0.2, 0.25) is 5.91 Å². The molecule has 0 aromatic rings. The minimum absolute atomic E-state index is 0.243. The van der Waals surface area contributed by atoms with Crippen molar-refractivity contribution < 1.29 is 38.0 Å². The van der Waals surface area contributed by atoms with Crippen LogP contribution in [0.4, 0.5) is 0 Å². The van der Waals surface area contributed by atoms with Crippen LogP contribution in [0.5, 0.6) is 0 Å². The van der Waals surface area contributed by atoms with Crippen LogP contribution in [0.1, 0.15) is 6.42 Å². The Balaban J connectivity index is 3.00. The Hall–Kier alpha value is -0.850. The van der Waals surface area contributed by atoms with E-state index in [2.05, 4.69) is 0 Å². The fourth-order valence-electron chi connectivity index (χ4n) is 1.58. The number of nitrogens with two attached hydrogens (primary N) is 1. The molecule has 0 spiro atoms. The summed E-state index contributed by atoms with van der Waals surface area (Å²) in [6.07, 6.45) is 0.243. The van der Waals surface area contributed by atoms with Crippen LogP contribution in [0.2, 0.25) is 0 Å². The number of hydrogen-bond donors (Lipinski definition) is 2. The van der Waals surface area contributed by atoms with Crippen molar-refractivity contribution in [3.63, 3.8) is 0 Å². The lowest BCUT2D eigenvalue weighted by Crippen LogP contribution is -2.30. The lowest BCUT2D eigenvalue weighted by atomic mass is 10.4. The maximum Gasteiger partial charge on any atom is 0.236 e. The summed E-state index contributed by atoms with van der Waals surface area (Å²) in [6.45, 7) is 6.54. The van der Waals surface area contributed by atoms with E-state index in [4.69, 9.17) is 39.0 Å². The Bertz CT molecular complexity index is 297. The first-order valence-electron chi connectivity index (χ1n) is 8.76. The van der Waals surface area contributed by atoms with Crippen molar-refractivity contribution >= 4 is 5.91 Å². The molecule has 0 heterocycles. The van der Waals surface area contributed by atoms with Gasteiger partial charge in [0.1, 0.15) is 0 Å². The molecule has 10 nitrogen and oxygen atoms in total. The lowest BCUT2D eigenvalue weighted by Gasteiger charge is -2.08. The predicted molar refractivity (Wildman–Crippen MR) is 93.7 cm³/mol. The van der Waals surface area contributed by atoms with Crippen LogP contribution in [-0.2, 0) is 38.0 Å². The van der Waals surface area contributed by atoms with E-state index >= 15 is 0 Å². The lowest BCUT2D eigenvalue weighted by molar-refractivity contribution is -0.122. The highest BCUT2D eigenvalue weighted by molar-refractivity contribution is 5.75. The largest absolute Gasteiger partial charge is 0.382 e. The van der Waals surface area contributed by atoms with E-state index in [1.54, 1.807) is 7.11 Å². The number of ether oxygens (including phenoxy) is 7. The van der Waals surface area contributed by atoms with E-state index in [0.717, 1.165) is 0 Å². The van der Waals surface area contributed by atoms with Crippen LogP contribution in [0.15, 0.2) is 0 Å². The summed E-state index contributed by atoms with van der Waals surface area (Å²) in [6, 6.07) is 0. The molecule has 0 radical (unpaired) electrons. The second-order valence-electron chi connectivity index (χ2n) is 4.98. The van der Waals surface area contributed by atoms with E-state index in [0.29, 0.717) is 85.9 Å². The Labute approximate surface area is 155 Å². The highest BCUT2D eigenvalue weighted by Gasteiger charge is 1.97. The van der Waals surface area contributed by atoms with Gasteiger partial charge < -0.3 is 33.2 Å². The number of carbonyl (C=O) groups excluding carboxylic acids is 1. The molecule has 0 atom stereocenters. The van der Waals surface area contributed by atoms with E-state index < -0.39 is 0 Å². The molecule has 0 rings (SSSR count). The SMILES string of the molecule is COCCOCCOCCOCCOCCOCCOCCC(=O)NN. The van der Waals surface area contributed by atoms with Gasteiger partial charge in [0.05, 0.1) is 92.3 Å². The fourth-order valence-corrected chi connectivity index (χ4v) is 1.58. The zero-order valence-electron chi connectivity index (χ0n) is 15.7. The molecule has 0 bridgehead atoms. The van der Waals surface area contributed by atoms with Crippen molar-refractivity contribution in [3.8, 4) is 0 Å². The zero-order valence-corrected chi connectivity index (χ0v) is 15.7. The van der Waals surface area contributed by atoms with Crippen LogP contribution in [0.3, 0.4) is 0 Å². The number of methoxy groups -OCH3 is 1. The molecule has 1 amide bonds. The summed E-state index contributed by atoms with van der Waals surface area (Å²) in [5.74, 6) is 4.69. The molecule has 3 N–H and O–H groups in total. The van der Waals surface area contributed by atoms with Crippen molar-refractivity contribution in [3.05, 3.63) is 0 Å². The summed E-state index contributed by atoms with van der Waals surface area (Å²) < 4.78 is 36.7. The van der Waals surface area contributed by atoms with Crippen LogP contribution < -0.4 is 11.3 Å². The van der Waals surface area contributed by atoms with Gasteiger partial charge in [-0.15, -0.1) is 0 Å². The second-order valence-corrected chi connectivity index (χ2v) is 4.98. The third-order valence-corrected chi connectivity index (χ3v) is 2.93. The molecule has 0 aliphatic carbocycles. The molecule has 0 unspecified atom stereocenters. The molecule has 0 aromatic carbocycles. The topological polar surface area (TPSA) is 120 Å². The molecule has 156 valence electrons. The third kappa shape index (κ3) is 21.2. The molecular formula is C16H34N2O8. The number of hydrazine groups is 1. The number of nitrogens with one attached hydrogen (secondary N) is 1. The van der Waals surface area contributed by atoms with Crippen molar-refractivity contribution in [1.82, 2.24) is 5.43 Å². The van der Waals surface area contributed by atoms with E-state index in [1.165, 1.54) is 0 Å². The number of amides is 1. The van der Waals surface area contributed by atoms with Crippen molar-refractivity contribution in [2.75, 3.05) is 93.0 Å². The van der Waals surface area contributed by atoms with Gasteiger partial charge in [0, 0.05) is 7.11 Å². The smallest absolute Gasteiger partial charge is 0.236 e. The van der Waals surface area contributed by atoms with Gasteiger partial charge in [-0.3, -0.25) is 10.2 Å². The fraction of sp³-hybridized carbons (Fsp3) is 0.938. The molecule has 26 heavy (non-hydrogen) atoms. The normalized spacial score (nSPS) is 11.0. The summed E-state index contributed by atoms with van der Waals surface area (Å²) in [5.41, 5.74) is 2.03. The van der Waals surface area contributed by atoms with E-state index in [-0.39, 0.29) is 12.3 Å². The maximum absolute atomic E-state index is 10.8. The van der Waals surface area contributed by atoms with Crippen LogP contribution >= 0.6 is 0 Å². The Morgan fingerprint density at radius 1 is 0.615 bits per heavy atom. The first kappa shape index (κ1) is 25.1. The molecule has 0 aliphatic heterocycles. The van der Waals surface area contributed by atoms with Crippen molar-refractivity contribution in [2.24, 2.45) is 5.84 Å². The van der Waals surface area contributed by atoms with Crippen LogP contribution in [0, 0.1) is 0 Å². The van der Waals surface area contributed by atoms with Gasteiger partial charge in [0.15, 0.2) is 0 Å². The van der Waals surface area contributed by atoms with Gasteiger partial charge in [0.25, 0.3) is 0 Å². The molecule has 0 aromatic heterocycles. The standard InChI is InChI=1S/C16H34N2O8/c1-20-4-5-22-8-9-24-12-13-26-15-14-25-11-10-23-7-6-21-3-2-16(19)18-17/h2-15,17H2,1H3,(H,18,19). The summed E-state index contributed by atoms with van der Waals surface area (Å²) in [4.78, 5) is 10.8. The zero-order chi connectivity index (χ0) is 19.1. The molecule has 0 saturated carbocycles. The minimum Gasteiger partial charge on any atom is -0.382 e. The van der Waals surface area contributed by atoms with Gasteiger partial charge in [-0.05, 0) is 0 Å². The highest BCUT2D eigenvalue weighted by Crippen LogP contribution is 1.86. The van der Waals surface area contributed by atoms with E-state index in [1.807, 2.05) is 5.43 Å². The number of hydrogen-bond acceptors (Lipinski definition) is 9. The second kappa shape index (κ2) is 22.2. The van der Waals surface area contributed by atoms with Crippen LogP contribution in [-0.4, -0.2) is 98.9 Å². The molecule has 10 heteroatoms. The Morgan fingerprint density at radius 3 is 1.23 bits per heavy atom. The van der Waals surface area contributed by atoms with E-state index in [9.17, 15) is 4.79 Å². The first-order valence-corrected chi connectivity index (χ1v) is 8.76. The summed E-state index contributed by atoms with van der Waals surface area (Å²) in [7, 11) is 1.64. The third-order valence-electron chi connectivity index (χ3n) is 2.93. The Kier molecular flexibility index (Phi) is 21.5. The number of carbonyl (C=O) groups is 1. The van der Waals surface area contributed by atoms with Gasteiger partial charge in [-0.2, -0.15) is 0 Å². The quantitative estimate of drug-likeness (QED) is 0.113. The number of rotatable bonds is 21. The summed E-state index contributed by atoms with van der Waals surface area (Å²) >= 11 is 0. The van der Waals surface area contributed by atoms with Gasteiger partial charge in [-0.25, -0.2) is 5.84 Å². The Morgan fingerprint density at radius 2 is 0.923 bits per heavy atom. The first-order chi connectivity index (χ1) is 12.8. The maximum atomic E-state index is 10.8.